The van der Waals surface area contributed by atoms with E-state index in [-0.39, 0.29) is 0 Å². The van der Waals surface area contributed by atoms with Crippen molar-refractivity contribution in [2.24, 2.45) is 0 Å². The van der Waals surface area contributed by atoms with Gasteiger partial charge in [0.25, 0.3) is 0 Å². The predicted molar refractivity (Wildman–Crippen MR) is 550 cm³/mol. The number of nitrogens with zero attached hydrogens (tertiary/aromatic N) is 4. The Hall–Kier alpha value is -17.2. The molecule has 0 fully saturated rings. The zero-order chi connectivity index (χ0) is 86.0. The molecule has 0 aliphatic heterocycles. The Labute approximate surface area is 754 Å². The fourth-order valence-electron chi connectivity index (χ4n) is 19.9. The van der Waals surface area contributed by atoms with E-state index in [9.17, 15) is 0 Å². The molecule has 4 heterocycles. The van der Waals surface area contributed by atoms with Gasteiger partial charge in [0.1, 0.15) is 0 Å². The summed E-state index contributed by atoms with van der Waals surface area (Å²) in [5.74, 6) is 0. The number of rotatable bonds is 15. The van der Waals surface area contributed by atoms with Crippen molar-refractivity contribution in [3.8, 4) is 145 Å². The third-order valence-electron chi connectivity index (χ3n) is 26.1. The van der Waals surface area contributed by atoms with Gasteiger partial charge in [-0.25, -0.2) is 0 Å². The standard InChI is InChI=1S/C66H44N2.C60H40N2/c1-4-17-45(18-5-1)48-23-14-24-49(37-48)54-38-55(52-34-36-65-62(43-52)60-30-11-13-32-64(60)67(65)57-27-15-25-50(41-57)46-19-6-2-7-20-46)40-56(39-54)53-33-35-61-59-29-10-12-31-63(59)68(66(61)44-53)58-28-16-26-51(42-58)47-21-8-3-9-22-47;1-4-16-41(17-5-1)43-20-14-21-44(34-43)48-35-49(46-31-33-59-56(39-46)54-27-11-13-29-58(54)61(59)51-23-8-3-9-24-51)37-50(36-48)47-30-32-55-53-26-10-12-28-57(53)62(60(55)40-47)52-25-15-22-45(38-52)42-18-6-2-7-19-42/h1-44H;1-40H. The van der Waals surface area contributed by atoms with Gasteiger partial charge < -0.3 is 18.3 Å². The summed E-state index contributed by atoms with van der Waals surface area (Å²) in [5, 5.41) is 9.90. The Bertz CT molecular complexity index is 8630. The lowest BCUT2D eigenvalue weighted by molar-refractivity contribution is 1.18. The third-order valence-corrected chi connectivity index (χ3v) is 26.1. The second-order valence-corrected chi connectivity index (χ2v) is 33.9. The summed E-state index contributed by atoms with van der Waals surface area (Å²) >= 11 is 0. The van der Waals surface area contributed by atoms with Crippen LogP contribution in [0.15, 0.2) is 510 Å². The summed E-state index contributed by atoms with van der Waals surface area (Å²) in [4.78, 5) is 0. The molecule has 0 bridgehead atoms. The maximum absolute atomic E-state index is 2.44. The SMILES string of the molecule is c1ccc(-c2cccc(-c3cc(-c4ccc5c(c4)c4ccccc4n5-c4cccc(-c5ccccc5)c4)cc(-c4ccc5c6ccccc6n(-c6cccc(-c7ccccc7)c6)c5c4)c3)c2)cc1.c1ccc(-c2cccc(-c3cc(-c4ccc5c(c4)c4ccccc4n5-c4ccccc4)cc(-c4ccc5c6ccccc6n(-c6cccc(-c7ccccc7)c6)c5c4)c3)c2)cc1. The molecule has 0 unspecified atom stereocenters. The number of aromatic nitrogens is 4. The number of benzene rings is 21. The second-order valence-electron chi connectivity index (χ2n) is 33.9. The topological polar surface area (TPSA) is 19.7 Å². The Morgan fingerprint density at radius 3 is 0.585 bits per heavy atom. The van der Waals surface area contributed by atoms with E-state index < -0.39 is 0 Å². The fourth-order valence-corrected chi connectivity index (χ4v) is 19.9. The molecule has 21 aromatic carbocycles. The smallest absolute Gasteiger partial charge is 0.0547 e. The lowest BCUT2D eigenvalue weighted by atomic mass is 9.91. The van der Waals surface area contributed by atoms with Gasteiger partial charge in [0, 0.05) is 65.8 Å². The monoisotopic (exact) mass is 1650 g/mol. The molecule has 0 aliphatic rings. The molecule has 0 amide bonds. The van der Waals surface area contributed by atoms with Gasteiger partial charge in [-0.2, -0.15) is 0 Å². The zero-order valence-electron chi connectivity index (χ0n) is 71.3. The van der Waals surface area contributed by atoms with E-state index >= 15 is 0 Å². The van der Waals surface area contributed by atoms with Gasteiger partial charge in [0.05, 0.1) is 44.1 Å². The lowest BCUT2D eigenvalue weighted by Crippen LogP contribution is -1.95. The van der Waals surface area contributed by atoms with E-state index in [0.717, 1.165) is 22.7 Å². The predicted octanol–water partition coefficient (Wildman–Crippen LogP) is 34.1. The van der Waals surface area contributed by atoms with Gasteiger partial charge in [-0.05, 0) is 280 Å². The normalized spacial score (nSPS) is 11.5. The maximum atomic E-state index is 2.44. The lowest BCUT2D eigenvalue weighted by Gasteiger charge is -2.14. The second kappa shape index (κ2) is 32.7. The van der Waals surface area contributed by atoms with Gasteiger partial charge in [-0.3, -0.25) is 0 Å². The first-order valence-electron chi connectivity index (χ1n) is 44.7. The van der Waals surface area contributed by atoms with Crippen LogP contribution in [0.25, 0.3) is 232 Å². The summed E-state index contributed by atoms with van der Waals surface area (Å²) in [7, 11) is 0. The van der Waals surface area contributed by atoms with Crippen LogP contribution in [-0.4, -0.2) is 18.3 Å². The molecule has 25 rings (SSSR count). The average Bonchev–Trinajstić information content (AvgIpc) is 1.59. The molecule has 4 nitrogen and oxygen atoms in total. The Morgan fingerprint density at radius 2 is 0.269 bits per heavy atom. The summed E-state index contributed by atoms with van der Waals surface area (Å²) in [6, 6.07) is 186. The first-order chi connectivity index (χ1) is 64.4. The van der Waals surface area contributed by atoms with Crippen molar-refractivity contribution in [3.05, 3.63) is 510 Å². The highest BCUT2D eigenvalue weighted by molar-refractivity contribution is 6.15. The Kier molecular flexibility index (Phi) is 19.3. The first kappa shape index (κ1) is 76.5. The van der Waals surface area contributed by atoms with Crippen LogP contribution in [0.2, 0.25) is 0 Å². The molecule has 4 heteroatoms. The molecule has 608 valence electrons. The average molecular weight is 1650 g/mol. The van der Waals surface area contributed by atoms with E-state index in [2.05, 4.69) is 528 Å². The molecule has 4 aromatic heterocycles. The zero-order valence-corrected chi connectivity index (χ0v) is 71.3. The van der Waals surface area contributed by atoms with Crippen molar-refractivity contribution >= 4 is 87.2 Å². The fraction of sp³-hybridized carbons (Fsp3) is 0. The Morgan fingerprint density at radius 1 is 0.0846 bits per heavy atom. The molecule has 0 atom stereocenters. The highest BCUT2D eigenvalue weighted by Crippen LogP contribution is 2.46. The number of fused-ring (bicyclic) bond motifs is 12. The number of hydrogen-bond acceptors (Lipinski definition) is 0. The highest BCUT2D eigenvalue weighted by Gasteiger charge is 2.23. The molecular weight excluding hydrogens is 1570 g/mol. The minimum atomic E-state index is 1.14. The van der Waals surface area contributed by atoms with Crippen LogP contribution in [0.1, 0.15) is 0 Å². The molecule has 0 spiro atoms. The molecule has 25 aromatic rings. The van der Waals surface area contributed by atoms with Gasteiger partial charge in [0.15, 0.2) is 0 Å². The van der Waals surface area contributed by atoms with Crippen LogP contribution in [0.5, 0.6) is 0 Å². The van der Waals surface area contributed by atoms with E-state index in [0.29, 0.717) is 0 Å². The third kappa shape index (κ3) is 14.0. The van der Waals surface area contributed by atoms with E-state index in [4.69, 9.17) is 0 Å². The molecular formula is C126H84N4. The van der Waals surface area contributed by atoms with Gasteiger partial charge in [-0.1, -0.05) is 352 Å². The van der Waals surface area contributed by atoms with Crippen molar-refractivity contribution in [2.45, 2.75) is 0 Å². The molecule has 0 saturated carbocycles. The highest BCUT2D eigenvalue weighted by atomic mass is 15.0. The number of para-hydroxylation sites is 5. The van der Waals surface area contributed by atoms with Crippen molar-refractivity contribution in [1.29, 1.82) is 0 Å². The van der Waals surface area contributed by atoms with Crippen LogP contribution >= 0.6 is 0 Å². The van der Waals surface area contributed by atoms with Crippen LogP contribution in [0, 0.1) is 0 Å². The maximum Gasteiger partial charge on any atom is 0.0547 e. The minimum Gasteiger partial charge on any atom is -0.309 e. The van der Waals surface area contributed by atoms with E-state index in [1.807, 2.05) is 0 Å². The van der Waals surface area contributed by atoms with Crippen molar-refractivity contribution in [3.63, 3.8) is 0 Å². The van der Waals surface area contributed by atoms with Crippen LogP contribution in [-0.2, 0) is 0 Å². The first-order valence-corrected chi connectivity index (χ1v) is 44.7. The molecule has 0 saturated heterocycles. The van der Waals surface area contributed by atoms with Gasteiger partial charge in [0.2, 0.25) is 0 Å². The summed E-state index contributed by atoms with van der Waals surface area (Å²) in [6.07, 6.45) is 0. The van der Waals surface area contributed by atoms with Crippen LogP contribution < -0.4 is 0 Å². The largest absolute Gasteiger partial charge is 0.309 e. The van der Waals surface area contributed by atoms with Crippen LogP contribution in [0.3, 0.4) is 0 Å². The summed E-state index contributed by atoms with van der Waals surface area (Å²) in [5.41, 5.74) is 40.2. The van der Waals surface area contributed by atoms with Crippen LogP contribution in [0.4, 0.5) is 0 Å². The van der Waals surface area contributed by atoms with Gasteiger partial charge in [-0.15, -0.1) is 0 Å². The van der Waals surface area contributed by atoms with Crippen molar-refractivity contribution < 1.29 is 0 Å². The van der Waals surface area contributed by atoms with E-state index in [1.165, 1.54) is 210 Å². The molecule has 0 N–H and O–H groups in total. The summed E-state index contributed by atoms with van der Waals surface area (Å²) < 4.78 is 9.68. The molecule has 0 aliphatic carbocycles. The minimum absolute atomic E-state index is 1.14. The summed E-state index contributed by atoms with van der Waals surface area (Å²) in [6.45, 7) is 0. The van der Waals surface area contributed by atoms with Crippen molar-refractivity contribution in [1.82, 2.24) is 18.3 Å². The van der Waals surface area contributed by atoms with E-state index in [1.54, 1.807) is 0 Å². The molecule has 0 radical (unpaired) electrons. The van der Waals surface area contributed by atoms with Crippen molar-refractivity contribution in [2.75, 3.05) is 0 Å². The Balaban J connectivity index is 0.000000145. The quantitative estimate of drug-likeness (QED) is 0.0975. The molecule has 130 heavy (non-hydrogen) atoms. The number of hydrogen-bond donors (Lipinski definition) is 0. The van der Waals surface area contributed by atoms with Gasteiger partial charge >= 0.3 is 0 Å².